The van der Waals surface area contributed by atoms with Crippen LogP contribution in [0.25, 0.3) is 0 Å². The molecule has 0 heterocycles. The summed E-state index contributed by atoms with van der Waals surface area (Å²) in [4.78, 5) is 6.01. The largest absolute Gasteiger partial charge is 0.381 e. The molecule has 0 aromatic heterocycles. The molecule has 0 N–H and O–H groups in total. The van der Waals surface area contributed by atoms with Gasteiger partial charge in [0.1, 0.15) is 0 Å². The number of nitrogens with zero attached hydrogens (tertiary/aromatic N) is 1. The van der Waals surface area contributed by atoms with Crippen molar-refractivity contribution in [1.82, 2.24) is 5.06 Å². The summed E-state index contributed by atoms with van der Waals surface area (Å²) >= 11 is 0. The minimum absolute atomic E-state index is 0.212. The zero-order valence-electron chi connectivity index (χ0n) is 12.7. The Labute approximate surface area is 112 Å². The van der Waals surface area contributed by atoms with Gasteiger partial charge < -0.3 is 4.74 Å². The van der Waals surface area contributed by atoms with Gasteiger partial charge in [0.25, 0.3) is 0 Å². The molecule has 18 heavy (non-hydrogen) atoms. The van der Waals surface area contributed by atoms with Gasteiger partial charge in [0.15, 0.2) is 0 Å². The van der Waals surface area contributed by atoms with Crippen LogP contribution < -0.4 is 0 Å². The summed E-state index contributed by atoms with van der Waals surface area (Å²) in [5.41, 5.74) is 1.27. The van der Waals surface area contributed by atoms with Gasteiger partial charge in [-0.3, -0.25) is 9.90 Å². The zero-order chi connectivity index (χ0) is 13.8. The first-order chi connectivity index (χ1) is 8.42. The Morgan fingerprint density at radius 1 is 1.44 bits per heavy atom. The summed E-state index contributed by atoms with van der Waals surface area (Å²) in [6.45, 7) is 10.6. The van der Waals surface area contributed by atoms with Crippen LogP contribution in [-0.4, -0.2) is 31.4 Å². The lowest BCUT2D eigenvalue weighted by Gasteiger charge is -2.42. The normalized spacial score (nSPS) is 29.9. The molecule has 0 spiro atoms. The van der Waals surface area contributed by atoms with E-state index in [9.17, 15) is 0 Å². The quantitative estimate of drug-likeness (QED) is 0.675. The second-order valence-corrected chi connectivity index (χ2v) is 5.75. The van der Waals surface area contributed by atoms with Crippen molar-refractivity contribution in [1.29, 1.82) is 0 Å². The molecule has 0 bridgehead atoms. The average molecular weight is 255 g/mol. The molecule has 0 aromatic carbocycles. The summed E-state index contributed by atoms with van der Waals surface area (Å²) in [6.07, 6.45) is 6.18. The minimum Gasteiger partial charge on any atom is -0.381 e. The molecule has 1 rings (SSSR count). The number of hydrogen-bond acceptors (Lipinski definition) is 3. The maximum atomic E-state index is 6.01. The van der Waals surface area contributed by atoms with Crippen molar-refractivity contribution in [3.05, 3.63) is 12.3 Å². The predicted molar refractivity (Wildman–Crippen MR) is 75.1 cm³/mol. The maximum absolute atomic E-state index is 6.01. The molecule has 1 fully saturated rings. The van der Waals surface area contributed by atoms with Gasteiger partial charge in [0.05, 0.1) is 12.2 Å². The van der Waals surface area contributed by atoms with E-state index in [-0.39, 0.29) is 11.5 Å². The van der Waals surface area contributed by atoms with Crippen LogP contribution in [0.1, 0.15) is 52.9 Å². The summed E-state index contributed by atoms with van der Waals surface area (Å²) < 4.78 is 5.44. The highest BCUT2D eigenvalue weighted by Gasteiger charge is 2.37. The van der Waals surface area contributed by atoms with E-state index in [1.54, 1.807) is 0 Å². The lowest BCUT2D eigenvalue weighted by molar-refractivity contribution is -0.197. The van der Waals surface area contributed by atoms with Gasteiger partial charge in [0.2, 0.25) is 0 Å². The van der Waals surface area contributed by atoms with E-state index in [0.29, 0.717) is 6.10 Å². The molecular weight excluding hydrogens is 226 g/mol. The van der Waals surface area contributed by atoms with Gasteiger partial charge in [0, 0.05) is 19.9 Å². The Morgan fingerprint density at radius 2 is 2.00 bits per heavy atom. The molecule has 106 valence electrons. The Morgan fingerprint density at radius 3 is 2.44 bits per heavy atom. The van der Waals surface area contributed by atoms with E-state index in [0.717, 1.165) is 25.0 Å². The van der Waals surface area contributed by atoms with Crippen molar-refractivity contribution in [3.63, 3.8) is 0 Å². The molecule has 1 unspecified atom stereocenters. The van der Waals surface area contributed by atoms with E-state index >= 15 is 0 Å². The maximum Gasteiger partial charge on any atom is 0.0881 e. The fourth-order valence-electron chi connectivity index (χ4n) is 2.55. The minimum atomic E-state index is 0.212. The number of allylic oxidation sites excluding steroid dienone is 1. The number of hydroxylamine groups is 2. The van der Waals surface area contributed by atoms with Crippen LogP contribution in [0.3, 0.4) is 0 Å². The number of ether oxygens (including phenoxy) is 1. The third-order valence-electron chi connectivity index (χ3n) is 4.56. The van der Waals surface area contributed by atoms with Gasteiger partial charge in [-0.2, -0.15) is 0 Å². The second kappa shape index (κ2) is 6.58. The molecule has 0 saturated heterocycles. The number of methoxy groups -OCH3 is 1. The highest BCUT2D eigenvalue weighted by atomic mass is 16.7. The molecule has 3 nitrogen and oxygen atoms in total. The fraction of sp³-hybridized carbons (Fsp3) is 0.867. The van der Waals surface area contributed by atoms with Crippen LogP contribution in [0.15, 0.2) is 12.3 Å². The number of hydrogen-bond donors (Lipinski definition) is 0. The summed E-state index contributed by atoms with van der Waals surface area (Å²) in [7, 11) is 3.76. The van der Waals surface area contributed by atoms with Crippen LogP contribution in [-0.2, 0) is 9.57 Å². The molecule has 0 aliphatic heterocycles. The molecule has 1 aliphatic carbocycles. The van der Waals surface area contributed by atoms with Crippen molar-refractivity contribution in [2.24, 2.45) is 5.41 Å². The van der Waals surface area contributed by atoms with Crippen molar-refractivity contribution < 1.29 is 9.57 Å². The van der Waals surface area contributed by atoms with Gasteiger partial charge in [-0.25, -0.2) is 0 Å². The van der Waals surface area contributed by atoms with Crippen molar-refractivity contribution in [2.75, 3.05) is 14.2 Å². The predicted octanol–water partition coefficient (Wildman–Crippen LogP) is 3.76. The van der Waals surface area contributed by atoms with Crippen LogP contribution in [0, 0.1) is 5.41 Å². The molecule has 1 aliphatic rings. The smallest absolute Gasteiger partial charge is 0.0881 e. The topological polar surface area (TPSA) is 21.7 Å². The summed E-state index contributed by atoms with van der Waals surface area (Å²) in [6, 6.07) is 0. The number of rotatable bonds is 6. The van der Waals surface area contributed by atoms with Crippen LogP contribution >= 0.6 is 0 Å². The Balaban J connectivity index is 2.50. The third-order valence-corrected chi connectivity index (χ3v) is 4.56. The highest BCUT2D eigenvalue weighted by Crippen LogP contribution is 2.41. The van der Waals surface area contributed by atoms with E-state index < -0.39 is 0 Å². The molecule has 1 atom stereocenters. The lowest BCUT2D eigenvalue weighted by Crippen LogP contribution is -2.40. The van der Waals surface area contributed by atoms with Gasteiger partial charge in [-0.1, -0.05) is 20.4 Å². The highest BCUT2D eigenvalue weighted by molar-refractivity contribution is 4.90. The standard InChI is InChI=1S/C15H29NO2/c1-7-12(2)16(5)18-13(3)15(4)10-8-14(17-6)9-11-15/h13-14H,2,7-11H2,1,3-6H3. The van der Waals surface area contributed by atoms with Crippen LogP contribution in [0.4, 0.5) is 0 Å². The summed E-state index contributed by atoms with van der Waals surface area (Å²) in [5.74, 6) is 0. The Hall–Kier alpha value is -0.540. The average Bonchev–Trinajstić information content (AvgIpc) is 2.38. The lowest BCUT2D eigenvalue weighted by atomic mass is 9.71. The van der Waals surface area contributed by atoms with Gasteiger partial charge >= 0.3 is 0 Å². The molecule has 3 heteroatoms. The molecule has 0 radical (unpaired) electrons. The fourth-order valence-corrected chi connectivity index (χ4v) is 2.55. The molecular formula is C15H29NO2. The van der Waals surface area contributed by atoms with Crippen LogP contribution in [0.5, 0.6) is 0 Å². The van der Waals surface area contributed by atoms with E-state index in [1.807, 2.05) is 19.2 Å². The first-order valence-corrected chi connectivity index (χ1v) is 7.04. The van der Waals surface area contributed by atoms with E-state index in [4.69, 9.17) is 9.57 Å². The van der Waals surface area contributed by atoms with E-state index in [1.165, 1.54) is 12.8 Å². The van der Waals surface area contributed by atoms with Gasteiger partial charge in [-0.05, 0) is 44.4 Å². The molecule has 0 aromatic rings. The zero-order valence-corrected chi connectivity index (χ0v) is 12.7. The third kappa shape index (κ3) is 3.72. The summed E-state index contributed by atoms with van der Waals surface area (Å²) in [5, 5.41) is 1.83. The second-order valence-electron chi connectivity index (χ2n) is 5.75. The molecule has 1 saturated carbocycles. The Kier molecular flexibility index (Phi) is 5.67. The van der Waals surface area contributed by atoms with Gasteiger partial charge in [-0.15, -0.1) is 0 Å². The van der Waals surface area contributed by atoms with Crippen molar-refractivity contribution in [2.45, 2.75) is 65.1 Å². The van der Waals surface area contributed by atoms with Crippen LogP contribution in [0.2, 0.25) is 0 Å². The monoisotopic (exact) mass is 255 g/mol. The Bertz CT molecular complexity index is 270. The molecule has 0 amide bonds. The van der Waals surface area contributed by atoms with Crippen molar-refractivity contribution in [3.8, 4) is 0 Å². The SMILES string of the molecule is C=C(CC)N(C)OC(C)C1(C)CCC(OC)CC1. The van der Waals surface area contributed by atoms with E-state index in [2.05, 4.69) is 27.4 Å². The first kappa shape index (κ1) is 15.5. The van der Waals surface area contributed by atoms with Crippen molar-refractivity contribution >= 4 is 0 Å². The first-order valence-electron chi connectivity index (χ1n) is 7.04.